The summed E-state index contributed by atoms with van der Waals surface area (Å²) in [5.74, 6) is -0.390. The monoisotopic (exact) mass is 210 g/mol. The van der Waals surface area contributed by atoms with Crippen LogP contribution in [-0.2, 0) is 6.54 Å². The number of hydrogen-bond acceptors (Lipinski definition) is 4. The molecule has 3 N–H and O–H groups in total. The van der Waals surface area contributed by atoms with E-state index in [0.717, 1.165) is 26.2 Å². The third kappa shape index (κ3) is 2.43. The summed E-state index contributed by atoms with van der Waals surface area (Å²) < 4.78 is 13.5. The molecule has 2 heterocycles. The van der Waals surface area contributed by atoms with Crippen LogP contribution in [-0.4, -0.2) is 36.1 Å². The van der Waals surface area contributed by atoms with E-state index in [9.17, 15) is 4.39 Å². The molecule has 0 radical (unpaired) electrons. The van der Waals surface area contributed by atoms with Crippen molar-refractivity contribution in [3.05, 3.63) is 23.6 Å². The lowest BCUT2D eigenvalue weighted by molar-refractivity contribution is 0.230. The van der Waals surface area contributed by atoms with Crippen molar-refractivity contribution in [2.45, 2.75) is 6.54 Å². The first kappa shape index (κ1) is 10.3. The first-order chi connectivity index (χ1) is 7.27. The molecule has 1 aromatic heterocycles. The number of nitrogens with one attached hydrogen (secondary N) is 1. The highest BCUT2D eigenvalue weighted by atomic mass is 19.1. The van der Waals surface area contributed by atoms with E-state index in [0.29, 0.717) is 12.1 Å². The molecule has 0 aliphatic carbocycles. The summed E-state index contributed by atoms with van der Waals surface area (Å²) in [7, 11) is 0. The smallest absolute Gasteiger partial charge is 0.169 e. The van der Waals surface area contributed by atoms with Gasteiger partial charge in [0.25, 0.3) is 0 Å². The van der Waals surface area contributed by atoms with E-state index in [4.69, 9.17) is 5.73 Å². The van der Waals surface area contributed by atoms with Crippen LogP contribution < -0.4 is 11.1 Å². The Kier molecular flexibility index (Phi) is 3.13. The number of rotatable bonds is 2. The van der Waals surface area contributed by atoms with Crippen LogP contribution >= 0.6 is 0 Å². The van der Waals surface area contributed by atoms with Gasteiger partial charge in [0, 0.05) is 44.5 Å². The number of piperazine rings is 1. The lowest BCUT2D eigenvalue weighted by Gasteiger charge is -2.27. The Bertz CT molecular complexity index is 336. The Labute approximate surface area is 88.3 Å². The molecule has 4 nitrogen and oxygen atoms in total. The predicted molar refractivity (Wildman–Crippen MR) is 56.8 cm³/mol. The SMILES string of the molecule is Nc1nccc(CN2CCNCC2)c1F. The molecule has 1 aromatic rings. The third-order valence-electron chi connectivity index (χ3n) is 2.60. The number of halogens is 1. The minimum atomic E-state index is -0.379. The summed E-state index contributed by atoms with van der Waals surface area (Å²) >= 11 is 0. The number of anilines is 1. The van der Waals surface area contributed by atoms with Crippen molar-refractivity contribution in [3.63, 3.8) is 0 Å². The van der Waals surface area contributed by atoms with E-state index < -0.39 is 0 Å². The molecule has 0 amide bonds. The Morgan fingerprint density at radius 1 is 1.47 bits per heavy atom. The Morgan fingerprint density at radius 3 is 2.93 bits per heavy atom. The van der Waals surface area contributed by atoms with E-state index in [2.05, 4.69) is 15.2 Å². The van der Waals surface area contributed by atoms with Gasteiger partial charge in [-0.2, -0.15) is 0 Å². The maximum Gasteiger partial charge on any atom is 0.169 e. The summed E-state index contributed by atoms with van der Waals surface area (Å²) in [4.78, 5) is 5.91. The van der Waals surface area contributed by atoms with Gasteiger partial charge in [0.2, 0.25) is 0 Å². The maximum absolute atomic E-state index is 13.5. The molecule has 1 fully saturated rings. The molecule has 0 atom stereocenters. The fourth-order valence-electron chi connectivity index (χ4n) is 1.73. The molecule has 5 heteroatoms. The molecular weight excluding hydrogens is 195 g/mol. The fraction of sp³-hybridized carbons (Fsp3) is 0.500. The van der Waals surface area contributed by atoms with E-state index in [1.54, 1.807) is 12.3 Å². The van der Waals surface area contributed by atoms with Crippen molar-refractivity contribution in [3.8, 4) is 0 Å². The van der Waals surface area contributed by atoms with Gasteiger partial charge in [-0.1, -0.05) is 0 Å². The molecule has 1 saturated heterocycles. The van der Waals surface area contributed by atoms with Crippen LogP contribution in [0.15, 0.2) is 12.3 Å². The molecule has 1 aliphatic heterocycles. The molecule has 82 valence electrons. The Morgan fingerprint density at radius 2 is 2.20 bits per heavy atom. The van der Waals surface area contributed by atoms with Gasteiger partial charge in [-0.05, 0) is 6.07 Å². The standard InChI is InChI=1S/C10H15FN4/c11-9-8(1-2-14-10(9)12)7-15-5-3-13-4-6-15/h1-2,13H,3-7H2,(H2,12,14). The summed E-state index contributed by atoms with van der Waals surface area (Å²) in [6, 6.07) is 1.69. The number of hydrogen-bond donors (Lipinski definition) is 2. The van der Waals surface area contributed by atoms with E-state index in [1.807, 2.05) is 0 Å². The van der Waals surface area contributed by atoms with E-state index >= 15 is 0 Å². The number of nitrogens with zero attached hydrogens (tertiary/aromatic N) is 2. The van der Waals surface area contributed by atoms with E-state index in [1.165, 1.54) is 0 Å². The average molecular weight is 210 g/mol. The van der Waals surface area contributed by atoms with Gasteiger partial charge in [-0.3, -0.25) is 4.90 Å². The van der Waals surface area contributed by atoms with Crippen LogP contribution in [0.1, 0.15) is 5.56 Å². The van der Waals surface area contributed by atoms with Crippen LogP contribution in [0.2, 0.25) is 0 Å². The number of nitrogen functional groups attached to an aromatic ring is 1. The fourth-order valence-corrected chi connectivity index (χ4v) is 1.73. The van der Waals surface area contributed by atoms with Gasteiger partial charge in [-0.15, -0.1) is 0 Å². The number of aromatic nitrogens is 1. The summed E-state index contributed by atoms with van der Waals surface area (Å²) in [5.41, 5.74) is 6.04. The van der Waals surface area contributed by atoms with Crippen LogP contribution in [0.5, 0.6) is 0 Å². The van der Waals surface area contributed by atoms with Crippen molar-refractivity contribution in [1.29, 1.82) is 0 Å². The first-order valence-corrected chi connectivity index (χ1v) is 5.09. The minimum Gasteiger partial charge on any atom is -0.381 e. The van der Waals surface area contributed by atoms with Crippen LogP contribution in [0.25, 0.3) is 0 Å². The van der Waals surface area contributed by atoms with Gasteiger partial charge in [0.15, 0.2) is 11.6 Å². The highest BCUT2D eigenvalue weighted by molar-refractivity contribution is 5.34. The van der Waals surface area contributed by atoms with Gasteiger partial charge in [0.05, 0.1) is 0 Å². The van der Waals surface area contributed by atoms with Gasteiger partial charge in [-0.25, -0.2) is 9.37 Å². The topological polar surface area (TPSA) is 54.2 Å². The summed E-state index contributed by atoms with van der Waals surface area (Å²) in [6.45, 7) is 4.42. The lowest BCUT2D eigenvalue weighted by atomic mass is 10.2. The predicted octanol–water partition coefficient (Wildman–Crippen LogP) is 0.208. The van der Waals surface area contributed by atoms with Crippen LogP contribution in [0.4, 0.5) is 10.2 Å². The molecule has 0 bridgehead atoms. The summed E-state index contributed by atoms with van der Waals surface area (Å²) in [5, 5.41) is 3.25. The number of pyridine rings is 1. The van der Waals surface area contributed by atoms with Gasteiger partial charge < -0.3 is 11.1 Å². The largest absolute Gasteiger partial charge is 0.381 e. The van der Waals surface area contributed by atoms with E-state index in [-0.39, 0.29) is 11.6 Å². The van der Waals surface area contributed by atoms with Crippen molar-refractivity contribution < 1.29 is 4.39 Å². The lowest BCUT2D eigenvalue weighted by Crippen LogP contribution is -2.43. The molecule has 15 heavy (non-hydrogen) atoms. The second-order valence-electron chi connectivity index (χ2n) is 3.70. The Hall–Kier alpha value is -1.20. The third-order valence-corrected chi connectivity index (χ3v) is 2.60. The maximum atomic E-state index is 13.5. The highest BCUT2D eigenvalue weighted by Gasteiger charge is 2.13. The van der Waals surface area contributed by atoms with Gasteiger partial charge >= 0.3 is 0 Å². The molecule has 0 saturated carbocycles. The quantitative estimate of drug-likeness (QED) is 0.732. The molecule has 0 aromatic carbocycles. The van der Waals surface area contributed by atoms with Crippen molar-refractivity contribution in [1.82, 2.24) is 15.2 Å². The minimum absolute atomic E-state index is 0.0114. The molecule has 2 rings (SSSR count). The average Bonchev–Trinajstić information content (AvgIpc) is 2.26. The molecule has 1 aliphatic rings. The molecular formula is C10H15FN4. The Balaban J connectivity index is 2.06. The van der Waals surface area contributed by atoms with Crippen molar-refractivity contribution in [2.24, 2.45) is 0 Å². The van der Waals surface area contributed by atoms with Gasteiger partial charge in [0.1, 0.15) is 0 Å². The number of nitrogens with two attached hydrogens (primary N) is 1. The second-order valence-corrected chi connectivity index (χ2v) is 3.70. The second kappa shape index (κ2) is 4.55. The zero-order chi connectivity index (χ0) is 10.7. The normalized spacial score (nSPS) is 17.9. The highest BCUT2D eigenvalue weighted by Crippen LogP contribution is 2.14. The van der Waals surface area contributed by atoms with Crippen molar-refractivity contribution in [2.75, 3.05) is 31.9 Å². The molecule has 0 unspecified atom stereocenters. The summed E-state index contributed by atoms with van der Waals surface area (Å²) in [6.07, 6.45) is 1.55. The zero-order valence-corrected chi connectivity index (χ0v) is 8.54. The zero-order valence-electron chi connectivity index (χ0n) is 8.54. The first-order valence-electron chi connectivity index (χ1n) is 5.09. The van der Waals surface area contributed by atoms with Crippen molar-refractivity contribution >= 4 is 5.82 Å². The van der Waals surface area contributed by atoms with Crippen LogP contribution in [0.3, 0.4) is 0 Å². The molecule has 0 spiro atoms. The van der Waals surface area contributed by atoms with Crippen LogP contribution in [0, 0.1) is 5.82 Å².